The summed E-state index contributed by atoms with van der Waals surface area (Å²) in [4.78, 5) is 37.0. The quantitative estimate of drug-likeness (QED) is 0.103. The Bertz CT molecular complexity index is 1490. The van der Waals surface area contributed by atoms with Gasteiger partial charge in [0.15, 0.2) is 0 Å². The molecule has 1 heterocycles. The lowest BCUT2D eigenvalue weighted by Crippen LogP contribution is -2.32. The number of rotatable bonds is 5. The number of benzene rings is 3. The van der Waals surface area contributed by atoms with E-state index >= 15 is 0 Å². The van der Waals surface area contributed by atoms with Crippen LogP contribution >= 0.6 is 46.1 Å². The molecule has 0 spiro atoms. The summed E-state index contributed by atoms with van der Waals surface area (Å²) in [6, 6.07) is 18.3. The third-order valence-corrected chi connectivity index (χ3v) is 6.77. The van der Waals surface area contributed by atoms with Gasteiger partial charge in [-0.25, -0.2) is 10.2 Å². The number of thiophene rings is 1. The lowest BCUT2D eigenvalue weighted by atomic mass is 10.2. The van der Waals surface area contributed by atoms with E-state index in [0.717, 1.165) is 10.1 Å². The average molecular weight is 547 g/mol. The van der Waals surface area contributed by atoms with Crippen molar-refractivity contribution in [3.05, 3.63) is 92.2 Å². The molecule has 0 aliphatic heterocycles. The van der Waals surface area contributed by atoms with Gasteiger partial charge in [-0.05, 0) is 42.0 Å². The van der Waals surface area contributed by atoms with E-state index in [-0.39, 0.29) is 16.5 Å². The number of nitrogens with one attached hydrogen (secondary N) is 2. The minimum atomic E-state index is -1.01. The van der Waals surface area contributed by atoms with Crippen molar-refractivity contribution in [2.45, 2.75) is 0 Å². The van der Waals surface area contributed by atoms with E-state index in [1.807, 2.05) is 24.3 Å². The van der Waals surface area contributed by atoms with Crippen LogP contribution in [0.5, 0.6) is 5.75 Å². The van der Waals surface area contributed by atoms with Crippen LogP contribution in [-0.2, 0) is 9.59 Å². The minimum Gasteiger partial charge on any atom is -0.422 e. The molecule has 0 saturated heterocycles. The molecule has 0 saturated carbocycles. The molecule has 0 fully saturated rings. The molecule has 0 aliphatic rings. The van der Waals surface area contributed by atoms with Crippen molar-refractivity contribution in [1.29, 1.82) is 0 Å². The SMILES string of the molecule is O=C(N/N=C\c1cccc(OC(=O)c2sc3ccccc3c2Cl)c1)C(=O)Nc1cc(Cl)ccc1Cl. The molecule has 7 nitrogen and oxygen atoms in total. The third-order valence-electron chi connectivity index (χ3n) is 4.55. The predicted octanol–water partition coefficient (Wildman–Crippen LogP) is 6.17. The van der Waals surface area contributed by atoms with Gasteiger partial charge in [-0.3, -0.25) is 9.59 Å². The first kappa shape index (κ1) is 24.7. The Morgan fingerprint density at radius 1 is 0.914 bits per heavy atom. The van der Waals surface area contributed by atoms with Gasteiger partial charge in [-0.1, -0.05) is 65.1 Å². The average Bonchev–Trinajstić information content (AvgIpc) is 3.18. The van der Waals surface area contributed by atoms with Gasteiger partial charge < -0.3 is 10.1 Å². The largest absolute Gasteiger partial charge is 0.422 e. The summed E-state index contributed by atoms with van der Waals surface area (Å²) in [7, 11) is 0. The topological polar surface area (TPSA) is 96.9 Å². The highest BCUT2D eigenvalue weighted by atomic mass is 35.5. The number of anilines is 1. The first-order valence-corrected chi connectivity index (χ1v) is 11.9. The number of esters is 1. The first-order chi connectivity index (χ1) is 16.8. The molecule has 0 radical (unpaired) electrons. The summed E-state index contributed by atoms with van der Waals surface area (Å²) >= 11 is 19.4. The maximum absolute atomic E-state index is 12.6. The van der Waals surface area contributed by atoms with Crippen LogP contribution in [0.1, 0.15) is 15.2 Å². The number of ether oxygens (including phenoxy) is 1. The first-order valence-electron chi connectivity index (χ1n) is 9.90. The molecule has 0 bridgehead atoms. The minimum absolute atomic E-state index is 0.191. The molecule has 4 rings (SSSR count). The zero-order valence-electron chi connectivity index (χ0n) is 17.6. The van der Waals surface area contributed by atoms with Crippen LogP contribution in [-0.4, -0.2) is 24.0 Å². The molecule has 4 aromatic rings. The van der Waals surface area contributed by atoms with Gasteiger partial charge in [-0.15, -0.1) is 11.3 Å². The van der Waals surface area contributed by atoms with Gasteiger partial charge in [0.25, 0.3) is 0 Å². The van der Waals surface area contributed by atoms with E-state index in [0.29, 0.717) is 20.5 Å². The van der Waals surface area contributed by atoms with Crippen molar-refractivity contribution in [3.8, 4) is 5.75 Å². The summed E-state index contributed by atoms with van der Waals surface area (Å²) in [6.07, 6.45) is 1.29. The molecule has 11 heteroatoms. The highest BCUT2D eigenvalue weighted by molar-refractivity contribution is 7.21. The van der Waals surface area contributed by atoms with Gasteiger partial charge in [0.1, 0.15) is 10.6 Å². The Kier molecular flexibility index (Phi) is 7.67. The number of hydrogen-bond acceptors (Lipinski definition) is 6. The zero-order valence-corrected chi connectivity index (χ0v) is 20.6. The summed E-state index contributed by atoms with van der Waals surface area (Å²) in [6.45, 7) is 0. The van der Waals surface area contributed by atoms with Crippen molar-refractivity contribution < 1.29 is 19.1 Å². The van der Waals surface area contributed by atoms with Crippen LogP contribution in [0.15, 0.2) is 71.8 Å². The van der Waals surface area contributed by atoms with Crippen molar-refractivity contribution in [3.63, 3.8) is 0 Å². The van der Waals surface area contributed by atoms with Crippen LogP contribution in [0.4, 0.5) is 5.69 Å². The fraction of sp³-hybridized carbons (Fsp3) is 0. The molecule has 2 amide bonds. The lowest BCUT2D eigenvalue weighted by molar-refractivity contribution is -0.136. The Labute approximate surface area is 218 Å². The van der Waals surface area contributed by atoms with Crippen molar-refractivity contribution in [2.24, 2.45) is 5.10 Å². The maximum Gasteiger partial charge on any atom is 0.355 e. The van der Waals surface area contributed by atoms with Crippen molar-refractivity contribution in [1.82, 2.24) is 5.43 Å². The number of halogens is 3. The molecule has 3 aromatic carbocycles. The van der Waals surface area contributed by atoms with Gasteiger partial charge in [0.05, 0.1) is 21.9 Å². The summed E-state index contributed by atoms with van der Waals surface area (Å²) in [5.74, 6) is -2.32. The second kappa shape index (κ2) is 10.9. The molecule has 0 atom stereocenters. The highest BCUT2D eigenvalue weighted by Crippen LogP contribution is 2.35. The van der Waals surface area contributed by atoms with Gasteiger partial charge in [0, 0.05) is 15.1 Å². The standard InChI is InChI=1S/C24H14Cl3N3O4S/c25-14-8-9-17(26)18(11-14)29-22(31)23(32)30-28-12-13-4-3-5-15(10-13)34-24(33)21-20(27)16-6-1-2-7-19(16)35-21/h1-12H,(H,29,31)(H,30,32)/b28-12-. The second-order valence-electron chi connectivity index (χ2n) is 6.98. The Morgan fingerprint density at radius 3 is 2.51 bits per heavy atom. The van der Waals surface area contributed by atoms with Crippen molar-refractivity contribution >= 4 is 85.9 Å². The van der Waals surface area contributed by atoms with Gasteiger partial charge in [0.2, 0.25) is 0 Å². The smallest absolute Gasteiger partial charge is 0.355 e. The van der Waals surface area contributed by atoms with E-state index < -0.39 is 17.8 Å². The molecule has 0 unspecified atom stereocenters. The van der Waals surface area contributed by atoms with Crippen LogP contribution in [0, 0.1) is 0 Å². The van der Waals surface area contributed by atoms with Gasteiger partial charge >= 0.3 is 17.8 Å². The fourth-order valence-electron chi connectivity index (χ4n) is 2.95. The third kappa shape index (κ3) is 5.98. The van der Waals surface area contributed by atoms with E-state index in [1.54, 1.807) is 30.3 Å². The molecular weight excluding hydrogens is 533 g/mol. The fourth-order valence-corrected chi connectivity index (χ4v) is 4.67. The van der Waals surface area contributed by atoms with Gasteiger partial charge in [-0.2, -0.15) is 5.10 Å². The van der Waals surface area contributed by atoms with E-state index in [2.05, 4.69) is 15.8 Å². The van der Waals surface area contributed by atoms with Crippen LogP contribution < -0.4 is 15.5 Å². The number of carbonyl (C=O) groups excluding carboxylic acids is 3. The maximum atomic E-state index is 12.6. The Hall–Kier alpha value is -3.43. The number of amides is 2. The molecule has 1 aromatic heterocycles. The highest BCUT2D eigenvalue weighted by Gasteiger charge is 2.19. The summed E-state index contributed by atoms with van der Waals surface area (Å²) in [5.41, 5.74) is 2.81. The molecule has 2 N–H and O–H groups in total. The second-order valence-corrected chi connectivity index (χ2v) is 9.25. The normalized spacial score (nSPS) is 10.9. The summed E-state index contributed by atoms with van der Waals surface area (Å²) < 4.78 is 6.33. The number of nitrogens with zero attached hydrogens (tertiary/aromatic N) is 1. The summed E-state index contributed by atoms with van der Waals surface area (Å²) in [5, 5.41) is 7.81. The zero-order chi connectivity index (χ0) is 24.9. The molecule has 35 heavy (non-hydrogen) atoms. The van der Waals surface area contributed by atoms with E-state index in [9.17, 15) is 14.4 Å². The van der Waals surface area contributed by atoms with Crippen LogP contribution in [0.25, 0.3) is 10.1 Å². The molecule has 0 aliphatic carbocycles. The predicted molar refractivity (Wildman–Crippen MR) is 139 cm³/mol. The van der Waals surface area contributed by atoms with Crippen molar-refractivity contribution in [2.75, 3.05) is 5.32 Å². The molecular formula is C24H14Cl3N3O4S. The van der Waals surface area contributed by atoms with Crippen LogP contribution in [0.3, 0.4) is 0 Å². The number of fused-ring (bicyclic) bond motifs is 1. The monoisotopic (exact) mass is 545 g/mol. The van der Waals surface area contributed by atoms with E-state index in [1.165, 1.54) is 29.7 Å². The Balaban J connectivity index is 1.38. The lowest BCUT2D eigenvalue weighted by Gasteiger charge is -2.06. The number of hydrazone groups is 1. The number of hydrogen-bond donors (Lipinski definition) is 2. The number of carbonyl (C=O) groups is 3. The Morgan fingerprint density at radius 2 is 1.71 bits per heavy atom. The molecule has 176 valence electrons. The van der Waals surface area contributed by atoms with Crippen LogP contribution in [0.2, 0.25) is 15.1 Å². The van der Waals surface area contributed by atoms with E-state index in [4.69, 9.17) is 39.5 Å².